The van der Waals surface area contributed by atoms with Crippen LogP contribution in [0.25, 0.3) is 0 Å². The SMILES string of the molecule is C[C@@H]1C[C@H](CO)O[C@H]2[C@H]1[C@@]1(C)CCC34C[C@@]35CC[C@H](O[C@H]3CN(C(=O)CC6CC6)CCO3)C(C)(C)[C@@H]5CC[C@H]4[C@]1(C)[C@H]2O. The monoisotopic (exact) mass is 599 g/mol. The van der Waals surface area contributed by atoms with E-state index >= 15 is 0 Å². The number of fused-ring (bicyclic) bond motifs is 4. The highest BCUT2D eigenvalue weighted by molar-refractivity contribution is 5.76. The predicted octanol–water partition coefficient (Wildman–Crippen LogP) is 5.16. The highest BCUT2D eigenvalue weighted by Crippen LogP contribution is 2.89. The molecule has 2 aliphatic heterocycles. The zero-order chi connectivity index (χ0) is 30.2. The maximum atomic E-state index is 12.8. The van der Waals surface area contributed by atoms with Crippen molar-refractivity contribution < 1.29 is 29.2 Å². The molecule has 8 fully saturated rings. The molecule has 2 heterocycles. The van der Waals surface area contributed by atoms with Crippen LogP contribution >= 0.6 is 0 Å². The van der Waals surface area contributed by atoms with Gasteiger partial charge in [0.1, 0.15) is 0 Å². The molecule has 2 saturated heterocycles. The maximum absolute atomic E-state index is 12.8. The van der Waals surface area contributed by atoms with Crippen molar-refractivity contribution in [2.24, 2.45) is 56.7 Å². The Kier molecular flexibility index (Phi) is 6.66. The molecule has 0 radical (unpaired) electrons. The van der Waals surface area contributed by atoms with Gasteiger partial charge in [-0.05, 0) is 115 Å². The second-order valence-corrected chi connectivity index (χ2v) is 17.7. The number of aliphatic hydroxyl groups excluding tert-OH is 2. The van der Waals surface area contributed by atoms with Crippen LogP contribution in [-0.4, -0.2) is 78.0 Å². The van der Waals surface area contributed by atoms with Gasteiger partial charge in [-0.25, -0.2) is 0 Å². The average molecular weight is 600 g/mol. The van der Waals surface area contributed by atoms with Gasteiger partial charge < -0.3 is 29.3 Å². The number of nitrogens with zero attached hydrogens (tertiary/aromatic N) is 1. The molecule has 8 rings (SSSR count). The Morgan fingerprint density at radius 2 is 1.74 bits per heavy atom. The minimum atomic E-state index is -0.475. The molecule has 2 spiro atoms. The maximum Gasteiger partial charge on any atom is 0.223 e. The van der Waals surface area contributed by atoms with Crippen LogP contribution in [-0.2, 0) is 19.0 Å². The molecule has 0 bridgehead atoms. The van der Waals surface area contributed by atoms with Gasteiger partial charge in [0.25, 0.3) is 0 Å². The Morgan fingerprint density at radius 1 is 1.00 bits per heavy atom. The molecule has 0 aromatic heterocycles. The lowest BCUT2D eigenvalue weighted by molar-refractivity contribution is -0.248. The number of carbonyl (C=O) groups is 1. The van der Waals surface area contributed by atoms with Gasteiger partial charge in [0.05, 0.1) is 44.2 Å². The van der Waals surface area contributed by atoms with Gasteiger partial charge in [0.2, 0.25) is 5.91 Å². The summed E-state index contributed by atoms with van der Waals surface area (Å²) in [4.78, 5) is 14.8. The quantitative estimate of drug-likeness (QED) is 0.454. The third kappa shape index (κ3) is 3.87. The fourth-order valence-electron chi connectivity index (χ4n) is 13.6. The van der Waals surface area contributed by atoms with Crippen LogP contribution in [0, 0.1) is 56.7 Å². The third-order valence-electron chi connectivity index (χ3n) is 15.9. The zero-order valence-corrected chi connectivity index (χ0v) is 27.4. The van der Waals surface area contributed by atoms with Crippen LogP contribution < -0.4 is 0 Å². The van der Waals surface area contributed by atoms with E-state index < -0.39 is 6.10 Å². The summed E-state index contributed by atoms with van der Waals surface area (Å²) in [7, 11) is 0. The number of amides is 1. The lowest BCUT2D eigenvalue weighted by Crippen LogP contribution is -2.60. The second kappa shape index (κ2) is 9.65. The second-order valence-electron chi connectivity index (χ2n) is 17.7. The standard InChI is InChI=1S/C36H57NO6/c1-21-16-23(19-38)42-30-29(21)33(4)12-13-36-20-35(36)11-10-26(32(2,3)24(35)8-9-25(36)34(33,5)31(30)40)43-28-18-37(14-15-41-28)27(39)17-22-6-7-22/h21-26,28-31,38,40H,6-20H2,1-5H3/t21-,23-,24+,25+,26+,28+,29+,30+,31+,33-,34-,35-,36?/m1/s1. The van der Waals surface area contributed by atoms with E-state index in [2.05, 4.69) is 34.6 Å². The van der Waals surface area contributed by atoms with Crippen LogP contribution in [0.4, 0.5) is 0 Å². The Bertz CT molecular complexity index is 1140. The third-order valence-corrected chi connectivity index (χ3v) is 15.9. The van der Waals surface area contributed by atoms with E-state index in [0.717, 1.165) is 12.8 Å². The molecule has 8 aliphatic rings. The number of hydrogen-bond acceptors (Lipinski definition) is 6. The molecule has 6 aliphatic carbocycles. The lowest BCUT2D eigenvalue weighted by atomic mass is 9.41. The highest BCUT2D eigenvalue weighted by Gasteiger charge is 2.84. The lowest BCUT2D eigenvalue weighted by Gasteiger charge is -2.64. The summed E-state index contributed by atoms with van der Waals surface area (Å²) in [5.74, 6) is 2.80. The summed E-state index contributed by atoms with van der Waals surface area (Å²) >= 11 is 0. The predicted molar refractivity (Wildman–Crippen MR) is 162 cm³/mol. The Balaban J connectivity index is 1.01. The smallest absolute Gasteiger partial charge is 0.223 e. The van der Waals surface area contributed by atoms with Crippen LogP contribution in [0.2, 0.25) is 0 Å². The highest BCUT2D eigenvalue weighted by atomic mass is 16.7. The van der Waals surface area contributed by atoms with Gasteiger partial charge in [-0.1, -0.05) is 34.6 Å². The van der Waals surface area contributed by atoms with Crippen molar-refractivity contribution in [3.05, 3.63) is 0 Å². The first kappa shape index (κ1) is 29.7. The molecule has 1 amide bonds. The van der Waals surface area contributed by atoms with Gasteiger partial charge in [0.15, 0.2) is 6.29 Å². The summed E-state index contributed by atoms with van der Waals surface area (Å²) in [6, 6.07) is 0. The Morgan fingerprint density at radius 3 is 2.49 bits per heavy atom. The Labute approximate surface area is 258 Å². The van der Waals surface area contributed by atoms with Gasteiger partial charge in [-0.15, -0.1) is 0 Å². The molecular weight excluding hydrogens is 542 g/mol. The summed E-state index contributed by atoms with van der Waals surface area (Å²) in [6.07, 6.45) is 11.4. The molecular formula is C36H57NO6. The van der Waals surface area contributed by atoms with Gasteiger partial charge in [-0.2, -0.15) is 0 Å². The van der Waals surface area contributed by atoms with E-state index in [1.807, 2.05) is 4.90 Å². The van der Waals surface area contributed by atoms with Gasteiger partial charge >= 0.3 is 0 Å². The molecule has 13 atom stereocenters. The van der Waals surface area contributed by atoms with Crippen molar-refractivity contribution in [3.8, 4) is 0 Å². The van der Waals surface area contributed by atoms with Crippen molar-refractivity contribution in [1.82, 2.24) is 4.90 Å². The average Bonchev–Trinajstić information content (AvgIpc) is 3.90. The summed E-state index contributed by atoms with van der Waals surface area (Å²) in [6.45, 7) is 14.0. The minimum absolute atomic E-state index is 0.0340. The summed E-state index contributed by atoms with van der Waals surface area (Å²) in [5.41, 5.74) is 0.578. The topological polar surface area (TPSA) is 88.5 Å². The molecule has 7 nitrogen and oxygen atoms in total. The van der Waals surface area contributed by atoms with Crippen molar-refractivity contribution in [1.29, 1.82) is 0 Å². The number of hydrogen-bond donors (Lipinski definition) is 2. The first-order valence-electron chi connectivity index (χ1n) is 17.9. The first-order chi connectivity index (χ1) is 20.4. The number of ether oxygens (including phenoxy) is 3. The fraction of sp³-hybridized carbons (Fsp3) is 0.972. The normalized spacial score (nSPS) is 55.0. The van der Waals surface area contributed by atoms with Gasteiger partial charge in [0, 0.05) is 18.4 Å². The number of rotatable bonds is 5. The van der Waals surface area contributed by atoms with Crippen molar-refractivity contribution >= 4 is 5.91 Å². The zero-order valence-electron chi connectivity index (χ0n) is 27.4. The van der Waals surface area contributed by atoms with Crippen LogP contribution in [0.15, 0.2) is 0 Å². The molecule has 0 aromatic carbocycles. The molecule has 2 N–H and O–H groups in total. The van der Waals surface area contributed by atoms with E-state index in [-0.39, 0.29) is 53.4 Å². The van der Waals surface area contributed by atoms with E-state index in [0.29, 0.717) is 66.5 Å². The minimum Gasteiger partial charge on any atom is -0.394 e. The van der Waals surface area contributed by atoms with E-state index in [4.69, 9.17) is 14.2 Å². The summed E-state index contributed by atoms with van der Waals surface area (Å²) < 4.78 is 19.4. The number of carbonyl (C=O) groups excluding carboxylic acids is 1. The van der Waals surface area contributed by atoms with E-state index in [1.165, 1.54) is 51.4 Å². The van der Waals surface area contributed by atoms with Crippen LogP contribution in [0.1, 0.15) is 105 Å². The van der Waals surface area contributed by atoms with Crippen LogP contribution in [0.3, 0.4) is 0 Å². The number of aliphatic hydroxyl groups is 2. The van der Waals surface area contributed by atoms with Crippen molar-refractivity contribution in [2.75, 3.05) is 26.3 Å². The van der Waals surface area contributed by atoms with Crippen molar-refractivity contribution in [2.45, 2.75) is 136 Å². The summed E-state index contributed by atoms with van der Waals surface area (Å²) in [5, 5.41) is 22.2. The first-order valence-corrected chi connectivity index (χ1v) is 17.9. The molecule has 242 valence electrons. The molecule has 1 unspecified atom stereocenters. The van der Waals surface area contributed by atoms with Gasteiger partial charge in [-0.3, -0.25) is 4.79 Å². The molecule has 0 aromatic rings. The van der Waals surface area contributed by atoms with Crippen LogP contribution in [0.5, 0.6) is 0 Å². The number of morpholine rings is 1. The fourth-order valence-corrected chi connectivity index (χ4v) is 13.6. The largest absolute Gasteiger partial charge is 0.394 e. The molecule has 6 saturated carbocycles. The van der Waals surface area contributed by atoms with Crippen molar-refractivity contribution in [3.63, 3.8) is 0 Å². The Hall–Kier alpha value is -0.730. The van der Waals surface area contributed by atoms with E-state index in [9.17, 15) is 15.0 Å². The van der Waals surface area contributed by atoms with E-state index in [1.54, 1.807) is 0 Å². The molecule has 43 heavy (non-hydrogen) atoms. The molecule has 7 heteroatoms.